The van der Waals surface area contributed by atoms with Crippen molar-refractivity contribution in [3.05, 3.63) is 70.3 Å². The van der Waals surface area contributed by atoms with Crippen molar-refractivity contribution in [3.8, 4) is 11.3 Å². The van der Waals surface area contributed by atoms with Crippen LogP contribution in [0.5, 0.6) is 0 Å². The summed E-state index contributed by atoms with van der Waals surface area (Å²) in [6.07, 6.45) is 0. The van der Waals surface area contributed by atoms with Crippen molar-refractivity contribution in [1.29, 1.82) is 0 Å². The third kappa shape index (κ3) is 3.62. The third-order valence-corrected chi connectivity index (χ3v) is 6.10. The smallest absolute Gasteiger partial charge is 0.317 e. The molecule has 2 amide bonds. The maximum absolute atomic E-state index is 15.2. The van der Waals surface area contributed by atoms with E-state index >= 15 is 4.39 Å². The van der Waals surface area contributed by atoms with Gasteiger partial charge in [0.05, 0.1) is 11.3 Å². The van der Waals surface area contributed by atoms with E-state index in [0.29, 0.717) is 30.5 Å². The number of urea groups is 1. The summed E-state index contributed by atoms with van der Waals surface area (Å²) in [6.45, 7) is 3.62. The zero-order valence-corrected chi connectivity index (χ0v) is 17.7. The van der Waals surface area contributed by atoms with Gasteiger partial charge < -0.3 is 20.2 Å². The Labute approximate surface area is 183 Å². The quantitative estimate of drug-likeness (QED) is 0.464. The maximum Gasteiger partial charge on any atom is 0.317 e. The van der Waals surface area contributed by atoms with E-state index in [1.165, 1.54) is 0 Å². The number of benzene rings is 2. The molecule has 32 heavy (non-hydrogen) atoms. The predicted molar refractivity (Wildman–Crippen MR) is 123 cm³/mol. The van der Waals surface area contributed by atoms with Crippen LogP contribution in [0.3, 0.4) is 0 Å². The van der Waals surface area contributed by atoms with Crippen molar-refractivity contribution < 1.29 is 9.18 Å². The SMILES string of the molecule is CNC(=O)N1CCN(Cc2ccc3c(F)c(-c4cc5ccccc5[nH]c4=O)[nH]c3c2)CC1. The van der Waals surface area contributed by atoms with Crippen LogP contribution in [0.4, 0.5) is 9.18 Å². The molecule has 1 fully saturated rings. The van der Waals surface area contributed by atoms with E-state index in [1.54, 1.807) is 24.1 Å². The second-order valence-corrected chi connectivity index (χ2v) is 8.11. The number of carbonyl (C=O) groups excluding carboxylic acids is 1. The fraction of sp³-hybridized carbons (Fsp3) is 0.250. The van der Waals surface area contributed by atoms with E-state index < -0.39 is 5.82 Å². The number of fused-ring (bicyclic) bond motifs is 2. The average Bonchev–Trinajstić information content (AvgIpc) is 3.14. The summed E-state index contributed by atoms with van der Waals surface area (Å²) < 4.78 is 15.2. The van der Waals surface area contributed by atoms with Crippen LogP contribution in [-0.2, 0) is 6.54 Å². The summed E-state index contributed by atoms with van der Waals surface area (Å²) >= 11 is 0. The molecular formula is C24H24FN5O2. The minimum Gasteiger partial charge on any atom is -0.352 e. The minimum atomic E-state index is -0.425. The third-order valence-electron chi connectivity index (χ3n) is 6.10. The molecule has 0 radical (unpaired) electrons. The van der Waals surface area contributed by atoms with Gasteiger partial charge >= 0.3 is 6.03 Å². The molecule has 8 heteroatoms. The summed E-state index contributed by atoms with van der Waals surface area (Å²) in [7, 11) is 1.64. The van der Waals surface area contributed by atoms with Crippen LogP contribution in [-0.4, -0.2) is 59.0 Å². The monoisotopic (exact) mass is 433 g/mol. The summed E-state index contributed by atoms with van der Waals surface area (Å²) in [5.41, 5.74) is 2.57. The molecule has 4 aromatic rings. The molecule has 164 valence electrons. The Morgan fingerprint density at radius 3 is 2.59 bits per heavy atom. The van der Waals surface area contributed by atoms with Crippen molar-refractivity contribution in [3.63, 3.8) is 0 Å². The molecule has 3 N–H and O–H groups in total. The standard InChI is InChI=1S/C24H24FN5O2/c1-26-24(32)30-10-8-29(9-11-30)14-15-6-7-17-20(12-15)27-22(21(17)25)18-13-16-4-2-3-5-19(16)28-23(18)31/h2-7,12-13,27H,8-11,14H2,1H3,(H,26,32)(H,28,31). The molecule has 0 unspecified atom stereocenters. The summed E-state index contributed by atoms with van der Waals surface area (Å²) in [5.74, 6) is -0.425. The first-order valence-electron chi connectivity index (χ1n) is 10.6. The number of nitrogens with zero attached hydrogens (tertiary/aromatic N) is 2. The molecule has 0 bridgehead atoms. The Morgan fingerprint density at radius 2 is 1.81 bits per heavy atom. The van der Waals surface area contributed by atoms with E-state index in [-0.39, 0.29) is 22.8 Å². The largest absolute Gasteiger partial charge is 0.352 e. The highest BCUT2D eigenvalue weighted by Crippen LogP contribution is 2.29. The molecular weight excluding hydrogens is 409 g/mol. The van der Waals surface area contributed by atoms with Crippen LogP contribution in [0.25, 0.3) is 33.1 Å². The number of H-pyrrole nitrogens is 2. The molecule has 0 aliphatic carbocycles. The molecule has 0 atom stereocenters. The Balaban J connectivity index is 1.41. The lowest BCUT2D eigenvalue weighted by Gasteiger charge is -2.34. The van der Waals surface area contributed by atoms with E-state index in [9.17, 15) is 9.59 Å². The van der Waals surface area contributed by atoms with Gasteiger partial charge in [-0.25, -0.2) is 9.18 Å². The van der Waals surface area contributed by atoms with Crippen LogP contribution in [0.15, 0.2) is 53.3 Å². The minimum absolute atomic E-state index is 0.0517. The molecule has 5 rings (SSSR count). The number of aromatic amines is 2. The van der Waals surface area contributed by atoms with Crippen molar-refractivity contribution in [2.24, 2.45) is 0 Å². The highest BCUT2D eigenvalue weighted by atomic mass is 19.1. The van der Waals surface area contributed by atoms with Crippen LogP contribution >= 0.6 is 0 Å². The molecule has 0 spiro atoms. The Bertz CT molecular complexity index is 1370. The van der Waals surface area contributed by atoms with Crippen molar-refractivity contribution >= 4 is 27.8 Å². The van der Waals surface area contributed by atoms with Crippen LogP contribution in [0.1, 0.15) is 5.56 Å². The first-order valence-corrected chi connectivity index (χ1v) is 10.6. The molecule has 1 aliphatic rings. The van der Waals surface area contributed by atoms with E-state index in [2.05, 4.69) is 20.2 Å². The van der Waals surface area contributed by atoms with Gasteiger partial charge in [0, 0.05) is 56.2 Å². The topological polar surface area (TPSA) is 84.2 Å². The number of hydrogen-bond donors (Lipinski definition) is 3. The van der Waals surface area contributed by atoms with Gasteiger partial charge in [0.2, 0.25) is 0 Å². The zero-order valence-electron chi connectivity index (χ0n) is 17.7. The highest BCUT2D eigenvalue weighted by Gasteiger charge is 2.21. The van der Waals surface area contributed by atoms with Gasteiger partial charge in [-0.05, 0) is 35.2 Å². The number of aromatic nitrogens is 2. The first kappa shape index (κ1) is 20.3. The van der Waals surface area contributed by atoms with Gasteiger partial charge in [0.25, 0.3) is 5.56 Å². The van der Waals surface area contributed by atoms with E-state index in [4.69, 9.17) is 0 Å². The van der Waals surface area contributed by atoms with Gasteiger partial charge in [0.15, 0.2) is 5.82 Å². The lowest BCUT2D eigenvalue weighted by Crippen LogP contribution is -2.50. The van der Waals surface area contributed by atoms with Gasteiger partial charge in [0.1, 0.15) is 0 Å². The van der Waals surface area contributed by atoms with Crippen LogP contribution < -0.4 is 10.9 Å². The molecule has 1 saturated heterocycles. The lowest BCUT2D eigenvalue weighted by atomic mass is 10.1. The van der Waals surface area contributed by atoms with Gasteiger partial charge in [-0.15, -0.1) is 0 Å². The van der Waals surface area contributed by atoms with Gasteiger partial charge in [-0.1, -0.05) is 24.3 Å². The van der Waals surface area contributed by atoms with Gasteiger partial charge in [-0.3, -0.25) is 9.69 Å². The number of hydrogen-bond acceptors (Lipinski definition) is 3. The highest BCUT2D eigenvalue weighted by molar-refractivity contribution is 5.89. The number of pyridine rings is 1. The number of amides is 2. The Morgan fingerprint density at radius 1 is 1.03 bits per heavy atom. The molecule has 7 nitrogen and oxygen atoms in total. The van der Waals surface area contributed by atoms with Crippen LogP contribution in [0, 0.1) is 5.82 Å². The summed E-state index contributed by atoms with van der Waals surface area (Å²) in [6, 6.07) is 14.7. The number of carbonyl (C=O) groups is 1. The number of nitrogens with one attached hydrogen (secondary N) is 3. The molecule has 0 saturated carbocycles. The molecule has 3 heterocycles. The fourth-order valence-electron chi connectivity index (χ4n) is 4.35. The number of rotatable bonds is 3. The second kappa shape index (κ2) is 8.12. The fourth-order valence-corrected chi connectivity index (χ4v) is 4.35. The second-order valence-electron chi connectivity index (χ2n) is 8.11. The maximum atomic E-state index is 15.2. The van der Waals surface area contributed by atoms with E-state index in [1.807, 2.05) is 36.4 Å². The number of halogens is 1. The van der Waals surface area contributed by atoms with Crippen molar-refractivity contribution in [2.45, 2.75) is 6.54 Å². The molecule has 2 aromatic carbocycles. The van der Waals surface area contributed by atoms with Gasteiger partial charge in [-0.2, -0.15) is 0 Å². The summed E-state index contributed by atoms with van der Waals surface area (Å²) in [5, 5.41) is 3.96. The Kier molecular flexibility index (Phi) is 5.14. The Hall–Kier alpha value is -3.65. The van der Waals surface area contributed by atoms with Crippen molar-refractivity contribution in [2.75, 3.05) is 33.2 Å². The van der Waals surface area contributed by atoms with E-state index in [0.717, 1.165) is 29.6 Å². The predicted octanol–water partition coefficient (Wildman–Crippen LogP) is 3.27. The normalized spacial score (nSPS) is 14.9. The zero-order chi connectivity index (χ0) is 22.2. The molecule has 1 aliphatic heterocycles. The number of para-hydroxylation sites is 1. The number of piperazine rings is 1. The first-order chi connectivity index (χ1) is 15.5. The lowest BCUT2D eigenvalue weighted by molar-refractivity contribution is 0.136. The average molecular weight is 433 g/mol. The summed E-state index contributed by atoms with van der Waals surface area (Å²) in [4.78, 5) is 34.4. The van der Waals surface area contributed by atoms with Crippen molar-refractivity contribution in [1.82, 2.24) is 25.1 Å². The molecule has 2 aromatic heterocycles. The van der Waals surface area contributed by atoms with Crippen LogP contribution in [0.2, 0.25) is 0 Å².